The van der Waals surface area contributed by atoms with E-state index < -0.39 is 40.2 Å². The van der Waals surface area contributed by atoms with Gasteiger partial charge in [-0.3, -0.25) is 13.9 Å². The predicted molar refractivity (Wildman–Crippen MR) is 142 cm³/mol. The topological polar surface area (TPSA) is 86.8 Å². The molecule has 3 rings (SSSR count). The highest BCUT2D eigenvalue weighted by molar-refractivity contribution is 7.92. The lowest BCUT2D eigenvalue weighted by atomic mass is 10.1. The smallest absolute Gasteiger partial charge is 0.264 e. The number of nitrogens with one attached hydrogen (secondary N) is 1. The van der Waals surface area contributed by atoms with Crippen molar-refractivity contribution in [2.45, 2.75) is 44.3 Å². The minimum atomic E-state index is -4.20. The van der Waals surface area contributed by atoms with Gasteiger partial charge in [0, 0.05) is 17.6 Å². The van der Waals surface area contributed by atoms with Crippen LogP contribution in [0, 0.1) is 5.82 Å². The van der Waals surface area contributed by atoms with Crippen LogP contribution in [-0.2, 0) is 26.2 Å². The molecule has 0 aliphatic carbocycles. The molecule has 37 heavy (non-hydrogen) atoms. The molecule has 1 N–H and O–H groups in total. The number of sulfonamides is 1. The number of anilines is 1. The molecule has 1 atom stereocenters. The molecule has 0 fully saturated rings. The molecule has 196 valence electrons. The standard InChI is InChI=1S/C27H29ClFN3O4S/c1-19(2)30-27(34)20(3)31(17-21-9-7-8-12-25(21)28)26(33)18-32(23-15-13-22(29)14-16-23)37(35,36)24-10-5-4-6-11-24/h4-16,19-20H,17-18H2,1-3H3,(H,30,34)/t20-/m0/s1. The zero-order chi connectivity index (χ0) is 27.2. The minimum Gasteiger partial charge on any atom is -0.352 e. The molecule has 0 aromatic heterocycles. The molecule has 2 amide bonds. The van der Waals surface area contributed by atoms with Gasteiger partial charge >= 0.3 is 0 Å². The van der Waals surface area contributed by atoms with Crippen molar-refractivity contribution in [1.29, 1.82) is 0 Å². The third kappa shape index (κ3) is 7.08. The van der Waals surface area contributed by atoms with Crippen LogP contribution in [0.25, 0.3) is 0 Å². The lowest BCUT2D eigenvalue weighted by Gasteiger charge is -2.32. The number of halogens is 2. The van der Waals surface area contributed by atoms with Crippen LogP contribution >= 0.6 is 11.6 Å². The predicted octanol–water partition coefficient (Wildman–Crippen LogP) is 4.62. The number of hydrogen-bond acceptors (Lipinski definition) is 4. The van der Waals surface area contributed by atoms with E-state index in [0.717, 1.165) is 16.4 Å². The van der Waals surface area contributed by atoms with E-state index >= 15 is 0 Å². The lowest BCUT2D eigenvalue weighted by Crippen LogP contribution is -2.52. The van der Waals surface area contributed by atoms with E-state index in [0.29, 0.717) is 10.6 Å². The number of amides is 2. The van der Waals surface area contributed by atoms with E-state index in [1.807, 2.05) is 0 Å². The minimum absolute atomic E-state index is 0.0200. The Labute approximate surface area is 221 Å². The average Bonchev–Trinajstić information content (AvgIpc) is 2.87. The number of benzene rings is 3. The van der Waals surface area contributed by atoms with Gasteiger partial charge in [-0.25, -0.2) is 12.8 Å². The van der Waals surface area contributed by atoms with E-state index in [9.17, 15) is 22.4 Å². The van der Waals surface area contributed by atoms with Gasteiger partial charge in [0.15, 0.2) is 0 Å². The van der Waals surface area contributed by atoms with Crippen molar-refractivity contribution in [3.05, 3.63) is 95.3 Å². The van der Waals surface area contributed by atoms with Gasteiger partial charge in [0.1, 0.15) is 18.4 Å². The largest absolute Gasteiger partial charge is 0.352 e. The molecule has 0 saturated carbocycles. The monoisotopic (exact) mass is 545 g/mol. The fourth-order valence-corrected chi connectivity index (χ4v) is 5.28. The summed E-state index contributed by atoms with van der Waals surface area (Å²) in [5.74, 6) is -1.57. The van der Waals surface area contributed by atoms with Gasteiger partial charge in [-0.05, 0) is 68.8 Å². The van der Waals surface area contributed by atoms with Crippen molar-refractivity contribution in [3.63, 3.8) is 0 Å². The van der Waals surface area contributed by atoms with E-state index in [2.05, 4.69) is 5.32 Å². The lowest BCUT2D eigenvalue weighted by molar-refractivity contribution is -0.139. The fourth-order valence-electron chi connectivity index (χ4n) is 3.65. The van der Waals surface area contributed by atoms with Crippen LogP contribution in [0.3, 0.4) is 0 Å². The first-order chi connectivity index (χ1) is 17.5. The highest BCUT2D eigenvalue weighted by Crippen LogP contribution is 2.25. The van der Waals surface area contributed by atoms with Gasteiger partial charge in [0.25, 0.3) is 10.0 Å². The van der Waals surface area contributed by atoms with Gasteiger partial charge in [0.2, 0.25) is 11.8 Å². The number of hydrogen-bond donors (Lipinski definition) is 1. The summed E-state index contributed by atoms with van der Waals surface area (Å²) >= 11 is 6.33. The maximum atomic E-state index is 13.7. The molecule has 3 aromatic rings. The Morgan fingerprint density at radius 3 is 2.11 bits per heavy atom. The molecule has 0 bridgehead atoms. The molecule has 0 saturated heterocycles. The molecule has 3 aromatic carbocycles. The van der Waals surface area contributed by atoms with Crippen molar-refractivity contribution in [2.24, 2.45) is 0 Å². The maximum absolute atomic E-state index is 13.7. The van der Waals surface area contributed by atoms with Crippen molar-refractivity contribution >= 4 is 39.1 Å². The second kappa shape index (κ2) is 12.2. The molecule has 0 spiro atoms. The van der Waals surface area contributed by atoms with Crippen LogP contribution in [0.15, 0.2) is 83.8 Å². The Bertz CT molecular complexity index is 1340. The van der Waals surface area contributed by atoms with E-state index in [1.165, 1.54) is 29.2 Å². The summed E-state index contributed by atoms with van der Waals surface area (Å²) in [4.78, 5) is 27.9. The average molecular weight is 546 g/mol. The zero-order valence-corrected chi connectivity index (χ0v) is 22.3. The Morgan fingerprint density at radius 2 is 1.51 bits per heavy atom. The number of carbonyl (C=O) groups is 2. The van der Waals surface area contributed by atoms with Gasteiger partial charge in [0.05, 0.1) is 10.6 Å². The molecule has 0 heterocycles. The second-order valence-electron chi connectivity index (χ2n) is 8.75. The van der Waals surface area contributed by atoms with Crippen LogP contribution in [0.4, 0.5) is 10.1 Å². The highest BCUT2D eigenvalue weighted by atomic mass is 35.5. The Hall–Kier alpha value is -3.43. The van der Waals surface area contributed by atoms with E-state index in [1.54, 1.807) is 63.2 Å². The van der Waals surface area contributed by atoms with Crippen LogP contribution in [0.2, 0.25) is 5.02 Å². The molecule has 0 unspecified atom stereocenters. The first kappa shape index (κ1) is 28.1. The van der Waals surface area contributed by atoms with Crippen molar-refractivity contribution in [2.75, 3.05) is 10.8 Å². The van der Waals surface area contributed by atoms with Gasteiger partial charge in [-0.1, -0.05) is 48.0 Å². The Balaban J connectivity index is 2.02. The third-order valence-corrected chi connectivity index (χ3v) is 7.78. The normalized spacial score (nSPS) is 12.2. The quantitative estimate of drug-likeness (QED) is 0.403. The molecule has 0 radical (unpaired) electrons. The summed E-state index contributed by atoms with van der Waals surface area (Å²) in [6, 6.07) is 18.3. The Kier molecular flexibility index (Phi) is 9.29. The maximum Gasteiger partial charge on any atom is 0.264 e. The van der Waals surface area contributed by atoms with Crippen LogP contribution in [0.5, 0.6) is 0 Å². The third-order valence-electron chi connectivity index (χ3n) is 5.62. The molecular weight excluding hydrogens is 517 g/mol. The number of nitrogens with zero attached hydrogens (tertiary/aromatic N) is 2. The molecule has 0 aliphatic heterocycles. The van der Waals surface area contributed by atoms with Gasteiger partial charge < -0.3 is 10.2 Å². The summed E-state index contributed by atoms with van der Waals surface area (Å²) in [6.07, 6.45) is 0. The summed E-state index contributed by atoms with van der Waals surface area (Å²) in [5.41, 5.74) is 0.705. The molecule has 7 nitrogen and oxygen atoms in total. The van der Waals surface area contributed by atoms with Crippen LogP contribution in [0.1, 0.15) is 26.3 Å². The number of rotatable bonds is 10. The van der Waals surface area contributed by atoms with Crippen molar-refractivity contribution in [1.82, 2.24) is 10.2 Å². The van der Waals surface area contributed by atoms with E-state index in [-0.39, 0.29) is 23.2 Å². The summed E-state index contributed by atoms with van der Waals surface area (Å²) in [6.45, 7) is 4.53. The van der Waals surface area contributed by atoms with Crippen LogP contribution in [-0.4, -0.2) is 43.8 Å². The fraction of sp³-hybridized carbons (Fsp3) is 0.259. The molecule has 10 heteroatoms. The summed E-state index contributed by atoms with van der Waals surface area (Å²) in [7, 11) is -4.20. The van der Waals surface area contributed by atoms with Crippen LogP contribution < -0.4 is 9.62 Å². The van der Waals surface area contributed by atoms with Crippen molar-refractivity contribution < 1.29 is 22.4 Å². The zero-order valence-electron chi connectivity index (χ0n) is 20.8. The SMILES string of the molecule is CC(C)NC(=O)[C@H](C)N(Cc1ccccc1Cl)C(=O)CN(c1ccc(F)cc1)S(=O)(=O)c1ccccc1. The Morgan fingerprint density at radius 1 is 0.919 bits per heavy atom. The molecule has 0 aliphatic rings. The number of carbonyl (C=O) groups excluding carboxylic acids is 2. The first-order valence-electron chi connectivity index (χ1n) is 11.7. The van der Waals surface area contributed by atoms with Gasteiger partial charge in [-0.2, -0.15) is 0 Å². The highest BCUT2D eigenvalue weighted by Gasteiger charge is 2.32. The molecular formula is C27H29ClFN3O4S. The summed E-state index contributed by atoms with van der Waals surface area (Å²) < 4.78 is 41.7. The van der Waals surface area contributed by atoms with Gasteiger partial charge in [-0.15, -0.1) is 0 Å². The van der Waals surface area contributed by atoms with Crippen molar-refractivity contribution in [3.8, 4) is 0 Å². The first-order valence-corrected chi connectivity index (χ1v) is 13.5. The summed E-state index contributed by atoms with van der Waals surface area (Å²) in [5, 5.41) is 3.19. The van der Waals surface area contributed by atoms with E-state index in [4.69, 9.17) is 11.6 Å². The second-order valence-corrected chi connectivity index (χ2v) is 11.0.